The Balaban J connectivity index is 1.84. The summed E-state index contributed by atoms with van der Waals surface area (Å²) in [5.74, 6) is 0. The first-order valence-electron chi connectivity index (χ1n) is 8.29. The van der Waals surface area contributed by atoms with Crippen LogP contribution >= 0.6 is 12.2 Å². The second-order valence-electron chi connectivity index (χ2n) is 5.90. The highest BCUT2D eigenvalue weighted by molar-refractivity contribution is 7.80. The number of anilines is 1. The molecule has 2 N–H and O–H groups in total. The molecule has 0 fully saturated rings. The van der Waals surface area contributed by atoms with E-state index in [4.69, 9.17) is 12.2 Å². The quantitative estimate of drug-likeness (QED) is 0.556. The predicted octanol–water partition coefficient (Wildman–Crippen LogP) is 5.78. The second kappa shape index (κ2) is 8.22. The number of hydrogen-bond acceptors (Lipinski definition) is 1. The summed E-state index contributed by atoms with van der Waals surface area (Å²) < 4.78 is 39.6. The fourth-order valence-electron chi connectivity index (χ4n) is 2.78. The second-order valence-corrected chi connectivity index (χ2v) is 6.30. The summed E-state index contributed by atoms with van der Waals surface area (Å²) in [6, 6.07) is 24.2. The van der Waals surface area contributed by atoms with E-state index in [1.165, 1.54) is 18.2 Å². The topological polar surface area (TPSA) is 24.1 Å². The Hall–Kier alpha value is -2.86. The molecule has 0 aliphatic heterocycles. The number of para-hydroxylation sites is 1. The number of alkyl halides is 3. The molecule has 0 spiro atoms. The molecule has 0 aliphatic rings. The molecule has 6 heteroatoms. The van der Waals surface area contributed by atoms with E-state index in [1.54, 1.807) is 0 Å². The molecule has 0 radical (unpaired) electrons. The molecule has 0 aromatic heterocycles. The van der Waals surface area contributed by atoms with E-state index in [1.807, 2.05) is 60.7 Å². The van der Waals surface area contributed by atoms with E-state index in [-0.39, 0.29) is 16.8 Å². The minimum atomic E-state index is -4.46. The number of halogens is 3. The fourth-order valence-corrected chi connectivity index (χ4v) is 3.01. The summed E-state index contributed by atoms with van der Waals surface area (Å²) in [5.41, 5.74) is 1.07. The van der Waals surface area contributed by atoms with Gasteiger partial charge in [-0.1, -0.05) is 72.8 Å². The molecule has 0 aliphatic carbocycles. The van der Waals surface area contributed by atoms with Crippen molar-refractivity contribution in [2.75, 3.05) is 5.32 Å². The van der Waals surface area contributed by atoms with Crippen LogP contribution in [0, 0.1) is 0 Å². The number of nitrogens with one attached hydrogen (secondary N) is 2. The lowest BCUT2D eigenvalue weighted by Crippen LogP contribution is -2.33. The highest BCUT2D eigenvalue weighted by Gasteiger charge is 2.33. The van der Waals surface area contributed by atoms with Crippen molar-refractivity contribution in [1.82, 2.24) is 5.32 Å². The van der Waals surface area contributed by atoms with Crippen LogP contribution < -0.4 is 10.6 Å². The summed E-state index contributed by atoms with van der Waals surface area (Å²) in [6.45, 7) is 0. The molecule has 0 amide bonds. The van der Waals surface area contributed by atoms with Crippen molar-refractivity contribution < 1.29 is 13.2 Å². The predicted molar refractivity (Wildman–Crippen MR) is 106 cm³/mol. The van der Waals surface area contributed by atoms with Crippen LogP contribution in [0.25, 0.3) is 0 Å². The molecule has 2 nitrogen and oxygen atoms in total. The largest absolute Gasteiger partial charge is 0.418 e. The lowest BCUT2D eigenvalue weighted by atomic mass is 9.99. The zero-order chi connectivity index (χ0) is 19.3. The van der Waals surface area contributed by atoms with E-state index in [0.717, 1.165) is 17.2 Å². The number of rotatable bonds is 4. The zero-order valence-electron chi connectivity index (χ0n) is 14.2. The van der Waals surface area contributed by atoms with Gasteiger partial charge in [0, 0.05) is 0 Å². The van der Waals surface area contributed by atoms with Crippen molar-refractivity contribution in [3.63, 3.8) is 0 Å². The van der Waals surface area contributed by atoms with Crippen molar-refractivity contribution in [2.45, 2.75) is 12.2 Å². The minimum Gasteiger partial charge on any atom is -0.352 e. The summed E-state index contributed by atoms with van der Waals surface area (Å²) in [4.78, 5) is 0. The van der Waals surface area contributed by atoms with Crippen LogP contribution in [0.4, 0.5) is 18.9 Å². The van der Waals surface area contributed by atoms with Crippen molar-refractivity contribution in [3.8, 4) is 0 Å². The third-order valence-corrected chi connectivity index (χ3v) is 4.24. The fraction of sp³-hybridized carbons (Fsp3) is 0.0952. The molecular weight excluding hydrogens is 369 g/mol. The molecular formula is C21H17F3N2S. The molecule has 3 rings (SSSR count). The third-order valence-electron chi connectivity index (χ3n) is 4.02. The third kappa shape index (κ3) is 4.86. The van der Waals surface area contributed by atoms with Crippen LogP contribution in [0.1, 0.15) is 22.7 Å². The average molecular weight is 386 g/mol. The molecule has 0 saturated heterocycles. The Bertz CT molecular complexity index is 857. The van der Waals surface area contributed by atoms with Gasteiger partial charge in [0.1, 0.15) is 0 Å². The van der Waals surface area contributed by atoms with Crippen molar-refractivity contribution in [1.29, 1.82) is 0 Å². The van der Waals surface area contributed by atoms with Crippen LogP contribution in [0.15, 0.2) is 84.9 Å². The Morgan fingerprint density at radius 1 is 0.741 bits per heavy atom. The maximum atomic E-state index is 13.2. The Morgan fingerprint density at radius 3 is 1.74 bits per heavy atom. The van der Waals surface area contributed by atoms with E-state index in [0.29, 0.717) is 0 Å². The Morgan fingerprint density at radius 2 is 1.22 bits per heavy atom. The standard InChI is InChI=1S/C21H17F3N2S/c22-21(23,24)17-13-7-8-14-18(17)25-20(27)26-19(15-9-3-1-4-10-15)16-11-5-2-6-12-16/h1-14,19H,(H2,25,26,27). The van der Waals surface area contributed by atoms with Gasteiger partial charge in [-0.05, 0) is 35.5 Å². The SMILES string of the molecule is FC(F)(F)c1ccccc1NC(=S)NC(c1ccccc1)c1ccccc1. The van der Waals surface area contributed by atoms with Crippen molar-refractivity contribution in [3.05, 3.63) is 102 Å². The van der Waals surface area contributed by atoms with Gasteiger partial charge in [0.15, 0.2) is 5.11 Å². The molecule has 138 valence electrons. The average Bonchev–Trinajstić information content (AvgIpc) is 2.67. The van der Waals surface area contributed by atoms with Gasteiger partial charge in [-0.15, -0.1) is 0 Å². The number of thiocarbonyl (C=S) groups is 1. The van der Waals surface area contributed by atoms with Gasteiger partial charge in [0.25, 0.3) is 0 Å². The number of hydrogen-bond donors (Lipinski definition) is 2. The van der Waals surface area contributed by atoms with Crippen LogP contribution in [0.3, 0.4) is 0 Å². The van der Waals surface area contributed by atoms with Crippen LogP contribution in [0.5, 0.6) is 0 Å². The molecule has 27 heavy (non-hydrogen) atoms. The monoisotopic (exact) mass is 386 g/mol. The first kappa shape index (κ1) is 18.9. The van der Waals surface area contributed by atoms with Crippen molar-refractivity contribution >= 4 is 23.0 Å². The summed E-state index contributed by atoms with van der Waals surface area (Å²) in [6.07, 6.45) is -4.46. The van der Waals surface area contributed by atoms with Crippen LogP contribution in [-0.2, 0) is 6.18 Å². The first-order chi connectivity index (χ1) is 12.9. The van der Waals surface area contributed by atoms with Gasteiger partial charge in [-0.3, -0.25) is 0 Å². The highest BCUT2D eigenvalue weighted by Crippen LogP contribution is 2.34. The maximum Gasteiger partial charge on any atom is 0.418 e. The zero-order valence-corrected chi connectivity index (χ0v) is 15.0. The van der Waals surface area contributed by atoms with Gasteiger partial charge >= 0.3 is 6.18 Å². The lowest BCUT2D eigenvalue weighted by molar-refractivity contribution is -0.136. The molecule has 3 aromatic carbocycles. The lowest BCUT2D eigenvalue weighted by Gasteiger charge is -2.23. The van der Waals surface area contributed by atoms with E-state index in [2.05, 4.69) is 10.6 Å². The summed E-state index contributed by atoms with van der Waals surface area (Å²) >= 11 is 5.31. The molecule has 0 unspecified atom stereocenters. The molecule has 0 bridgehead atoms. The van der Waals surface area contributed by atoms with E-state index >= 15 is 0 Å². The molecule has 0 atom stereocenters. The molecule has 3 aromatic rings. The first-order valence-corrected chi connectivity index (χ1v) is 8.69. The van der Waals surface area contributed by atoms with Gasteiger partial charge in [-0.2, -0.15) is 13.2 Å². The van der Waals surface area contributed by atoms with Gasteiger partial charge < -0.3 is 10.6 Å². The number of benzene rings is 3. The van der Waals surface area contributed by atoms with Gasteiger partial charge in [0.05, 0.1) is 17.3 Å². The summed E-state index contributed by atoms with van der Waals surface area (Å²) in [5, 5.41) is 5.93. The Kier molecular flexibility index (Phi) is 5.76. The summed E-state index contributed by atoms with van der Waals surface area (Å²) in [7, 11) is 0. The maximum absolute atomic E-state index is 13.2. The molecule has 0 saturated carbocycles. The highest BCUT2D eigenvalue weighted by atomic mass is 32.1. The van der Waals surface area contributed by atoms with Crippen molar-refractivity contribution in [2.24, 2.45) is 0 Å². The van der Waals surface area contributed by atoms with Crippen LogP contribution in [-0.4, -0.2) is 5.11 Å². The van der Waals surface area contributed by atoms with Crippen LogP contribution in [0.2, 0.25) is 0 Å². The van der Waals surface area contributed by atoms with E-state index in [9.17, 15) is 13.2 Å². The smallest absolute Gasteiger partial charge is 0.352 e. The van der Waals surface area contributed by atoms with Gasteiger partial charge in [0.2, 0.25) is 0 Å². The normalized spacial score (nSPS) is 11.3. The van der Waals surface area contributed by atoms with Gasteiger partial charge in [-0.25, -0.2) is 0 Å². The molecule has 0 heterocycles. The minimum absolute atomic E-state index is 0.0811. The Labute approximate surface area is 161 Å². The van der Waals surface area contributed by atoms with E-state index < -0.39 is 11.7 Å².